The van der Waals surface area contributed by atoms with E-state index < -0.39 is 0 Å². The average Bonchev–Trinajstić information content (AvgIpc) is 2.35. The van der Waals surface area contributed by atoms with Gasteiger partial charge in [0.25, 0.3) is 0 Å². The van der Waals surface area contributed by atoms with Crippen LogP contribution in [0.15, 0.2) is 36.4 Å². The lowest BCUT2D eigenvalue weighted by Crippen LogP contribution is -2.02. The van der Waals surface area contributed by atoms with Crippen LogP contribution < -0.4 is 5.32 Å². The molecule has 18 heavy (non-hydrogen) atoms. The first kappa shape index (κ1) is 14.0. The highest BCUT2D eigenvalue weighted by atomic mass is 127. The molecule has 0 aliphatic rings. The Hall–Kier alpha value is -0.450. The second-order valence-electron chi connectivity index (χ2n) is 4.00. The minimum absolute atomic E-state index is 0.667. The van der Waals surface area contributed by atoms with Crippen molar-refractivity contribution in [3.05, 3.63) is 61.1 Å². The Kier molecular flexibility index (Phi) is 4.76. The molecule has 1 nitrogen and oxygen atoms in total. The van der Waals surface area contributed by atoms with Crippen LogP contribution in [0.25, 0.3) is 0 Å². The van der Waals surface area contributed by atoms with E-state index in [9.17, 15) is 0 Å². The van der Waals surface area contributed by atoms with Gasteiger partial charge in [0, 0.05) is 25.8 Å². The summed E-state index contributed by atoms with van der Waals surface area (Å²) in [7, 11) is 0. The van der Waals surface area contributed by atoms with Crippen molar-refractivity contribution in [1.29, 1.82) is 0 Å². The highest BCUT2D eigenvalue weighted by molar-refractivity contribution is 14.1. The molecule has 0 amide bonds. The van der Waals surface area contributed by atoms with E-state index in [2.05, 4.69) is 47.0 Å². The largest absolute Gasteiger partial charge is 0.381 e. The molecule has 0 aliphatic heterocycles. The maximum atomic E-state index is 6.13. The molecular formula is C14H12Cl2IN. The molecule has 0 bridgehead atoms. The van der Waals surface area contributed by atoms with Gasteiger partial charge in [-0.05, 0) is 71.0 Å². The van der Waals surface area contributed by atoms with Crippen molar-refractivity contribution in [2.75, 3.05) is 5.32 Å². The quantitative estimate of drug-likeness (QED) is 0.679. The number of hydrogen-bond acceptors (Lipinski definition) is 1. The molecule has 0 aromatic heterocycles. The van der Waals surface area contributed by atoms with Crippen molar-refractivity contribution < 1.29 is 0 Å². The molecular weight excluding hydrogens is 380 g/mol. The first-order valence-corrected chi connectivity index (χ1v) is 7.34. The first-order valence-electron chi connectivity index (χ1n) is 5.51. The zero-order valence-electron chi connectivity index (χ0n) is 9.81. The first-order chi connectivity index (χ1) is 8.58. The SMILES string of the molecule is Cc1c(I)cccc1NCc1cc(Cl)ccc1Cl. The second kappa shape index (κ2) is 6.13. The molecule has 0 heterocycles. The maximum Gasteiger partial charge on any atom is 0.0456 e. The van der Waals surface area contributed by atoms with Crippen molar-refractivity contribution in [1.82, 2.24) is 0 Å². The molecule has 0 spiro atoms. The molecule has 0 radical (unpaired) electrons. The van der Waals surface area contributed by atoms with Crippen molar-refractivity contribution >= 4 is 51.5 Å². The van der Waals surface area contributed by atoms with E-state index in [1.165, 1.54) is 9.13 Å². The van der Waals surface area contributed by atoms with Crippen LogP contribution in [-0.2, 0) is 6.54 Å². The van der Waals surface area contributed by atoms with Crippen LogP contribution in [0, 0.1) is 10.5 Å². The number of anilines is 1. The van der Waals surface area contributed by atoms with Gasteiger partial charge in [-0.3, -0.25) is 0 Å². The highest BCUT2D eigenvalue weighted by Crippen LogP contribution is 2.24. The van der Waals surface area contributed by atoms with E-state index in [1.54, 1.807) is 6.07 Å². The minimum atomic E-state index is 0.667. The van der Waals surface area contributed by atoms with Crippen LogP contribution in [0.3, 0.4) is 0 Å². The van der Waals surface area contributed by atoms with E-state index in [0.717, 1.165) is 16.3 Å². The van der Waals surface area contributed by atoms with E-state index in [0.29, 0.717) is 11.6 Å². The molecule has 0 atom stereocenters. The molecule has 0 fully saturated rings. The molecule has 2 aromatic rings. The predicted octanol–water partition coefficient (Wildman–Crippen LogP) is 5.52. The van der Waals surface area contributed by atoms with Crippen LogP contribution in [0.5, 0.6) is 0 Å². The second-order valence-corrected chi connectivity index (χ2v) is 6.01. The maximum absolute atomic E-state index is 6.13. The normalized spacial score (nSPS) is 10.4. The van der Waals surface area contributed by atoms with E-state index in [4.69, 9.17) is 23.2 Å². The monoisotopic (exact) mass is 391 g/mol. The Morgan fingerprint density at radius 2 is 1.94 bits per heavy atom. The van der Waals surface area contributed by atoms with Crippen LogP contribution in [0.4, 0.5) is 5.69 Å². The summed E-state index contributed by atoms with van der Waals surface area (Å²) in [6.45, 7) is 2.77. The minimum Gasteiger partial charge on any atom is -0.381 e. The van der Waals surface area contributed by atoms with Gasteiger partial charge in [-0.25, -0.2) is 0 Å². The van der Waals surface area contributed by atoms with Crippen LogP contribution in [0.1, 0.15) is 11.1 Å². The fraction of sp³-hybridized carbons (Fsp3) is 0.143. The molecule has 0 saturated carbocycles. The van der Waals surface area contributed by atoms with Crippen LogP contribution in [0.2, 0.25) is 10.0 Å². The third-order valence-electron chi connectivity index (χ3n) is 2.74. The Morgan fingerprint density at radius 3 is 2.72 bits per heavy atom. The third-order valence-corrected chi connectivity index (χ3v) is 4.52. The third kappa shape index (κ3) is 3.31. The van der Waals surface area contributed by atoms with Gasteiger partial charge in [0.15, 0.2) is 0 Å². The number of halogens is 3. The van der Waals surface area contributed by atoms with Gasteiger partial charge < -0.3 is 5.32 Å². The van der Waals surface area contributed by atoms with Crippen molar-refractivity contribution in [3.63, 3.8) is 0 Å². The number of benzene rings is 2. The standard InChI is InChI=1S/C14H12Cl2IN/c1-9-13(17)3-2-4-14(9)18-8-10-7-11(15)5-6-12(10)16/h2-7,18H,8H2,1H3. The molecule has 0 unspecified atom stereocenters. The molecule has 94 valence electrons. The summed E-state index contributed by atoms with van der Waals surface area (Å²) in [5.41, 5.74) is 3.37. The summed E-state index contributed by atoms with van der Waals surface area (Å²) < 4.78 is 1.25. The summed E-state index contributed by atoms with van der Waals surface area (Å²) in [5, 5.41) is 4.83. The predicted molar refractivity (Wildman–Crippen MR) is 87.7 cm³/mol. The summed E-state index contributed by atoms with van der Waals surface area (Å²) >= 11 is 14.4. The zero-order valence-corrected chi connectivity index (χ0v) is 13.5. The fourth-order valence-corrected chi connectivity index (χ4v) is 2.55. The fourth-order valence-electron chi connectivity index (χ4n) is 1.67. The van der Waals surface area contributed by atoms with Crippen molar-refractivity contribution in [2.45, 2.75) is 13.5 Å². The smallest absolute Gasteiger partial charge is 0.0456 e. The zero-order chi connectivity index (χ0) is 13.1. The summed E-state index contributed by atoms with van der Waals surface area (Å²) in [5.74, 6) is 0. The lowest BCUT2D eigenvalue weighted by atomic mass is 10.2. The lowest BCUT2D eigenvalue weighted by Gasteiger charge is -2.12. The van der Waals surface area contributed by atoms with Crippen LogP contribution in [-0.4, -0.2) is 0 Å². The Morgan fingerprint density at radius 1 is 1.17 bits per heavy atom. The van der Waals surface area contributed by atoms with Gasteiger partial charge in [-0.15, -0.1) is 0 Å². The molecule has 0 saturated heterocycles. The Bertz CT molecular complexity index is 568. The summed E-state index contributed by atoms with van der Waals surface area (Å²) in [4.78, 5) is 0. The van der Waals surface area contributed by atoms with Gasteiger partial charge in [-0.2, -0.15) is 0 Å². The number of nitrogens with one attached hydrogen (secondary N) is 1. The molecule has 2 rings (SSSR count). The highest BCUT2D eigenvalue weighted by Gasteiger charge is 2.04. The van der Waals surface area contributed by atoms with Gasteiger partial charge >= 0.3 is 0 Å². The van der Waals surface area contributed by atoms with Gasteiger partial charge in [-0.1, -0.05) is 29.3 Å². The lowest BCUT2D eigenvalue weighted by molar-refractivity contribution is 1.14. The molecule has 1 N–H and O–H groups in total. The molecule has 4 heteroatoms. The molecule has 2 aromatic carbocycles. The Labute approximate surface area is 131 Å². The van der Waals surface area contributed by atoms with Gasteiger partial charge in [0.1, 0.15) is 0 Å². The average molecular weight is 392 g/mol. The van der Waals surface area contributed by atoms with E-state index in [1.807, 2.05) is 18.2 Å². The Balaban J connectivity index is 2.16. The molecule has 0 aliphatic carbocycles. The topological polar surface area (TPSA) is 12.0 Å². The summed E-state index contributed by atoms with van der Waals surface area (Å²) in [6.07, 6.45) is 0. The van der Waals surface area contributed by atoms with Gasteiger partial charge in [0.2, 0.25) is 0 Å². The van der Waals surface area contributed by atoms with Gasteiger partial charge in [0.05, 0.1) is 0 Å². The number of hydrogen-bond donors (Lipinski definition) is 1. The van der Waals surface area contributed by atoms with E-state index >= 15 is 0 Å². The van der Waals surface area contributed by atoms with Crippen molar-refractivity contribution in [2.24, 2.45) is 0 Å². The van der Waals surface area contributed by atoms with Crippen molar-refractivity contribution in [3.8, 4) is 0 Å². The van der Waals surface area contributed by atoms with E-state index in [-0.39, 0.29) is 0 Å². The summed E-state index contributed by atoms with van der Waals surface area (Å²) in [6, 6.07) is 11.7. The number of rotatable bonds is 3. The van der Waals surface area contributed by atoms with Crippen LogP contribution >= 0.6 is 45.8 Å².